The summed E-state index contributed by atoms with van der Waals surface area (Å²) >= 11 is 0. The Morgan fingerprint density at radius 1 is 0.524 bits per heavy atom. The highest BCUT2D eigenvalue weighted by atomic mass is 16.3. The van der Waals surface area contributed by atoms with Gasteiger partial charge in [0.2, 0.25) is 0 Å². The zero-order valence-corrected chi connectivity index (χ0v) is 14.7. The number of hydrogen-bond donors (Lipinski definition) is 2. The molecule has 21 heavy (non-hydrogen) atoms. The smallest absolute Gasteiger partial charge is 0.0564 e. The second kappa shape index (κ2) is 16.3. The van der Waals surface area contributed by atoms with Crippen LogP contribution in [-0.4, -0.2) is 22.4 Å². The van der Waals surface area contributed by atoms with E-state index in [4.69, 9.17) is 0 Å². The van der Waals surface area contributed by atoms with E-state index in [1.165, 1.54) is 64.2 Å². The van der Waals surface area contributed by atoms with Gasteiger partial charge in [0.15, 0.2) is 0 Å². The normalized spacial score (nSPS) is 14.3. The molecule has 0 aliphatic heterocycles. The lowest BCUT2D eigenvalue weighted by Gasteiger charge is -2.14. The van der Waals surface area contributed by atoms with Crippen LogP contribution in [0, 0.1) is 0 Å². The minimum Gasteiger partial charge on any atom is -0.393 e. The average Bonchev–Trinajstić information content (AvgIpc) is 2.45. The quantitative estimate of drug-likeness (QED) is 0.364. The Kier molecular flexibility index (Phi) is 16.2. The first-order valence-corrected chi connectivity index (χ1v) is 9.56. The van der Waals surface area contributed by atoms with Gasteiger partial charge in [-0.3, -0.25) is 0 Å². The molecule has 0 saturated carbocycles. The first-order valence-electron chi connectivity index (χ1n) is 9.56. The fourth-order valence-corrected chi connectivity index (χ4v) is 2.93. The molecule has 2 N–H and O–H groups in total. The maximum atomic E-state index is 9.83. The van der Waals surface area contributed by atoms with Crippen molar-refractivity contribution in [3.8, 4) is 0 Å². The fourth-order valence-electron chi connectivity index (χ4n) is 2.93. The minimum absolute atomic E-state index is 0.301. The molecule has 0 aliphatic rings. The van der Waals surface area contributed by atoms with E-state index in [9.17, 15) is 10.2 Å². The average molecular weight is 301 g/mol. The standard InChI is InChI=1S/C19H40O2/c1-3-5-6-7-8-9-10-11-12-13-14-16-19(21)17-18(20)15-4-2/h18-21H,3-17H2,1-2H3. The van der Waals surface area contributed by atoms with Gasteiger partial charge < -0.3 is 10.2 Å². The van der Waals surface area contributed by atoms with Crippen molar-refractivity contribution in [3.05, 3.63) is 0 Å². The Balaban J connectivity index is 3.17. The van der Waals surface area contributed by atoms with Crippen LogP contribution >= 0.6 is 0 Å². The van der Waals surface area contributed by atoms with Crippen LogP contribution in [0.4, 0.5) is 0 Å². The maximum Gasteiger partial charge on any atom is 0.0564 e. The SMILES string of the molecule is CCCCCCCCCCCCCC(O)CC(O)CCC. The van der Waals surface area contributed by atoms with Crippen molar-refractivity contribution >= 4 is 0 Å². The van der Waals surface area contributed by atoms with Crippen molar-refractivity contribution in [2.75, 3.05) is 0 Å². The molecule has 2 unspecified atom stereocenters. The van der Waals surface area contributed by atoms with Crippen molar-refractivity contribution in [3.63, 3.8) is 0 Å². The largest absolute Gasteiger partial charge is 0.393 e. The van der Waals surface area contributed by atoms with Gasteiger partial charge in [0.1, 0.15) is 0 Å². The van der Waals surface area contributed by atoms with Crippen LogP contribution in [0.5, 0.6) is 0 Å². The molecule has 2 heteroatoms. The lowest BCUT2D eigenvalue weighted by Crippen LogP contribution is -2.17. The Labute approximate surface area is 133 Å². The van der Waals surface area contributed by atoms with Crippen LogP contribution in [0.3, 0.4) is 0 Å². The third kappa shape index (κ3) is 16.1. The fraction of sp³-hybridized carbons (Fsp3) is 1.00. The van der Waals surface area contributed by atoms with Gasteiger partial charge in [-0.25, -0.2) is 0 Å². The summed E-state index contributed by atoms with van der Waals surface area (Å²) in [6, 6.07) is 0. The number of hydrogen-bond acceptors (Lipinski definition) is 2. The molecule has 0 amide bonds. The number of rotatable bonds is 16. The molecule has 0 aromatic rings. The van der Waals surface area contributed by atoms with Crippen molar-refractivity contribution < 1.29 is 10.2 Å². The third-order valence-electron chi connectivity index (χ3n) is 4.31. The van der Waals surface area contributed by atoms with Crippen LogP contribution in [0.15, 0.2) is 0 Å². The summed E-state index contributed by atoms with van der Waals surface area (Å²) in [6.07, 6.45) is 17.4. The van der Waals surface area contributed by atoms with E-state index in [2.05, 4.69) is 13.8 Å². The van der Waals surface area contributed by atoms with Crippen LogP contribution in [0.25, 0.3) is 0 Å². The number of aliphatic hydroxyl groups is 2. The highest BCUT2D eigenvalue weighted by Crippen LogP contribution is 2.14. The Morgan fingerprint density at radius 2 is 0.952 bits per heavy atom. The molecular weight excluding hydrogens is 260 g/mol. The molecule has 0 saturated heterocycles. The van der Waals surface area contributed by atoms with Gasteiger partial charge in [-0.2, -0.15) is 0 Å². The van der Waals surface area contributed by atoms with Crippen molar-refractivity contribution in [2.45, 2.75) is 122 Å². The maximum absolute atomic E-state index is 9.83. The summed E-state index contributed by atoms with van der Waals surface area (Å²) in [7, 11) is 0. The van der Waals surface area contributed by atoms with Gasteiger partial charge in [0.25, 0.3) is 0 Å². The first-order chi connectivity index (χ1) is 10.2. The number of unbranched alkanes of at least 4 members (excludes halogenated alkanes) is 10. The zero-order valence-electron chi connectivity index (χ0n) is 14.7. The topological polar surface area (TPSA) is 40.5 Å². The second-order valence-electron chi connectivity index (χ2n) is 6.66. The molecular formula is C19H40O2. The first kappa shape index (κ1) is 20.9. The van der Waals surface area contributed by atoms with Crippen LogP contribution in [0.2, 0.25) is 0 Å². The molecule has 0 fully saturated rings. The summed E-state index contributed by atoms with van der Waals surface area (Å²) in [4.78, 5) is 0. The van der Waals surface area contributed by atoms with Crippen molar-refractivity contribution in [2.24, 2.45) is 0 Å². The molecule has 0 radical (unpaired) electrons. The molecule has 0 spiro atoms. The van der Waals surface area contributed by atoms with Gasteiger partial charge in [-0.1, -0.05) is 90.9 Å². The molecule has 128 valence electrons. The summed E-state index contributed by atoms with van der Waals surface area (Å²) in [5.74, 6) is 0. The van der Waals surface area contributed by atoms with Gasteiger partial charge >= 0.3 is 0 Å². The second-order valence-corrected chi connectivity index (χ2v) is 6.66. The van der Waals surface area contributed by atoms with Gasteiger partial charge in [0, 0.05) is 0 Å². The lowest BCUT2D eigenvalue weighted by atomic mass is 10.0. The van der Waals surface area contributed by atoms with Crippen molar-refractivity contribution in [1.82, 2.24) is 0 Å². The van der Waals surface area contributed by atoms with E-state index in [1.807, 2.05) is 0 Å². The summed E-state index contributed by atoms with van der Waals surface area (Å²) < 4.78 is 0. The van der Waals surface area contributed by atoms with E-state index < -0.39 is 0 Å². The lowest BCUT2D eigenvalue weighted by molar-refractivity contribution is 0.0692. The third-order valence-corrected chi connectivity index (χ3v) is 4.31. The molecule has 2 nitrogen and oxygen atoms in total. The van der Waals surface area contributed by atoms with E-state index in [0.717, 1.165) is 25.7 Å². The summed E-state index contributed by atoms with van der Waals surface area (Å²) in [5.41, 5.74) is 0. The summed E-state index contributed by atoms with van der Waals surface area (Å²) in [6.45, 7) is 4.33. The molecule has 0 heterocycles. The highest BCUT2D eigenvalue weighted by molar-refractivity contribution is 4.63. The Hall–Kier alpha value is -0.0800. The molecule has 0 aromatic heterocycles. The zero-order chi connectivity index (χ0) is 15.8. The summed E-state index contributed by atoms with van der Waals surface area (Å²) in [5, 5.41) is 19.5. The van der Waals surface area contributed by atoms with Crippen molar-refractivity contribution in [1.29, 1.82) is 0 Å². The minimum atomic E-state index is -0.308. The predicted octanol–water partition coefficient (Wildman–Crippen LogP) is 5.60. The monoisotopic (exact) mass is 300 g/mol. The molecule has 0 rings (SSSR count). The van der Waals surface area contributed by atoms with E-state index in [0.29, 0.717) is 6.42 Å². The van der Waals surface area contributed by atoms with Crippen LogP contribution in [0.1, 0.15) is 110 Å². The van der Waals surface area contributed by atoms with Crippen LogP contribution in [-0.2, 0) is 0 Å². The molecule has 0 bridgehead atoms. The Bertz CT molecular complexity index is 194. The van der Waals surface area contributed by atoms with E-state index in [1.54, 1.807) is 0 Å². The van der Waals surface area contributed by atoms with E-state index >= 15 is 0 Å². The highest BCUT2D eigenvalue weighted by Gasteiger charge is 2.10. The predicted molar refractivity (Wildman–Crippen MR) is 92.6 cm³/mol. The molecule has 0 aromatic carbocycles. The molecule has 0 aliphatic carbocycles. The Morgan fingerprint density at radius 3 is 1.43 bits per heavy atom. The van der Waals surface area contributed by atoms with Gasteiger partial charge in [-0.15, -0.1) is 0 Å². The van der Waals surface area contributed by atoms with Crippen LogP contribution < -0.4 is 0 Å². The number of aliphatic hydroxyl groups excluding tert-OH is 2. The molecule has 2 atom stereocenters. The van der Waals surface area contributed by atoms with Gasteiger partial charge in [-0.05, 0) is 19.3 Å². The van der Waals surface area contributed by atoms with Gasteiger partial charge in [0.05, 0.1) is 12.2 Å². The van der Waals surface area contributed by atoms with E-state index in [-0.39, 0.29) is 12.2 Å².